The molecule has 8 heteroatoms. The summed E-state index contributed by atoms with van der Waals surface area (Å²) in [6, 6.07) is 11.0. The van der Waals surface area contributed by atoms with E-state index in [1.54, 1.807) is 6.20 Å². The lowest BCUT2D eigenvalue weighted by atomic mass is 10.0. The maximum atomic E-state index is 7.60. The average molecular weight is 698 g/mol. The second-order valence-corrected chi connectivity index (χ2v) is 12.2. The number of hydrogen-bond donors (Lipinski definition) is 1. The minimum atomic E-state index is 0.108. The van der Waals surface area contributed by atoms with Crippen molar-refractivity contribution in [1.82, 2.24) is 9.61 Å². The molecule has 0 aliphatic carbocycles. The molecular formula is C19H17I3N4O. The van der Waals surface area contributed by atoms with Gasteiger partial charge in [-0.1, -0.05) is 0 Å². The molecule has 5 nitrogen and oxygen atoms in total. The van der Waals surface area contributed by atoms with E-state index in [1.807, 2.05) is 16.8 Å². The van der Waals surface area contributed by atoms with Crippen molar-refractivity contribution in [2.75, 3.05) is 11.4 Å². The molecule has 1 aliphatic heterocycles. The number of nitrogens with one attached hydrogen (secondary N) is 1. The van der Waals surface area contributed by atoms with E-state index in [1.165, 1.54) is 21.0 Å². The van der Waals surface area contributed by atoms with Crippen molar-refractivity contribution < 1.29 is 4.74 Å². The fourth-order valence-corrected chi connectivity index (χ4v) is 4.91. The molecular weight excluding hydrogens is 681 g/mol. The summed E-state index contributed by atoms with van der Waals surface area (Å²) in [5.41, 5.74) is 4.31. The molecule has 0 saturated carbocycles. The number of rotatable bonds is 5. The molecule has 1 saturated heterocycles. The smallest absolute Gasteiger partial charge is 0.199 e. The molecule has 0 amide bonds. The van der Waals surface area contributed by atoms with Crippen LogP contribution in [0.15, 0.2) is 42.7 Å². The van der Waals surface area contributed by atoms with Crippen molar-refractivity contribution in [3.8, 4) is 5.75 Å². The first-order valence-electron chi connectivity index (χ1n) is 8.55. The molecule has 2 aromatic heterocycles. The van der Waals surface area contributed by atoms with Crippen LogP contribution in [0, 0.1) is 8.98 Å². The van der Waals surface area contributed by atoms with Crippen LogP contribution in [-0.4, -0.2) is 24.5 Å². The number of benzene rings is 1. The lowest BCUT2D eigenvalue weighted by Crippen LogP contribution is -2.23. The van der Waals surface area contributed by atoms with E-state index >= 15 is 0 Å². The number of fused-ring (bicyclic) bond motifs is 1. The lowest BCUT2D eigenvalue weighted by Gasteiger charge is -2.28. The third-order valence-electron chi connectivity index (χ3n) is 4.83. The zero-order chi connectivity index (χ0) is 19.0. The van der Waals surface area contributed by atoms with E-state index in [4.69, 9.17) is 10.1 Å². The highest BCUT2D eigenvalue weighted by molar-refractivity contribution is 14.2. The van der Waals surface area contributed by atoms with E-state index in [0.29, 0.717) is 6.04 Å². The number of anilines is 1. The molecule has 0 radical (unpaired) electrons. The van der Waals surface area contributed by atoms with Gasteiger partial charge in [-0.25, -0.2) is 4.52 Å². The number of halogens is 3. The zero-order valence-electron chi connectivity index (χ0n) is 14.3. The van der Waals surface area contributed by atoms with Crippen molar-refractivity contribution in [2.45, 2.75) is 21.0 Å². The predicted molar refractivity (Wildman–Crippen MR) is 134 cm³/mol. The monoisotopic (exact) mass is 698 g/mol. The van der Waals surface area contributed by atoms with E-state index in [2.05, 4.69) is 102 Å². The van der Waals surface area contributed by atoms with E-state index < -0.39 is 0 Å². The fourth-order valence-electron chi connectivity index (χ4n) is 3.63. The number of hydrogen-bond acceptors (Lipinski definition) is 4. The summed E-state index contributed by atoms with van der Waals surface area (Å²) in [6.45, 7) is 1.03. The summed E-state index contributed by atoms with van der Waals surface area (Å²) in [7, 11) is 0. The molecule has 1 unspecified atom stereocenters. The minimum absolute atomic E-state index is 0.108. The SMILES string of the molecule is N=Cc1cnn2ccc(N3CCCC3c3cc(OC(I)I)ccc3I)cc12. The van der Waals surface area contributed by atoms with Crippen molar-refractivity contribution in [3.63, 3.8) is 0 Å². The second-order valence-electron chi connectivity index (χ2n) is 6.37. The zero-order valence-corrected chi connectivity index (χ0v) is 20.8. The summed E-state index contributed by atoms with van der Waals surface area (Å²) in [5.74, 6) is 0.920. The molecule has 3 heterocycles. The van der Waals surface area contributed by atoms with Crippen LogP contribution >= 0.6 is 67.8 Å². The predicted octanol–water partition coefficient (Wildman–Crippen LogP) is 5.81. The summed E-state index contributed by atoms with van der Waals surface area (Å²) in [5, 5.41) is 11.9. The summed E-state index contributed by atoms with van der Waals surface area (Å²) < 4.78 is 9.10. The van der Waals surface area contributed by atoms with Gasteiger partial charge in [-0.05, 0) is 117 Å². The second kappa shape index (κ2) is 8.39. The number of nitrogens with zero attached hydrogens (tertiary/aromatic N) is 3. The molecule has 1 atom stereocenters. The van der Waals surface area contributed by atoms with Crippen LogP contribution in [0.5, 0.6) is 5.75 Å². The molecule has 140 valence electrons. The van der Waals surface area contributed by atoms with Gasteiger partial charge in [0.1, 0.15) is 5.75 Å². The third kappa shape index (κ3) is 4.07. The van der Waals surface area contributed by atoms with Gasteiger partial charge < -0.3 is 15.0 Å². The molecule has 1 aliphatic rings. The van der Waals surface area contributed by atoms with Crippen LogP contribution < -0.4 is 9.64 Å². The number of alkyl halides is 2. The molecule has 1 N–H and O–H groups in total. The normalized spacial score (nSPS) is 17.0. The van der Waals surface area contributed by atoms with Crippen LogP contribution in [0.25, 0.3) is 5.52 Å². The Labute approximate surface area is 198 Å². The van der Waals surface area contributed by atoms with Crippen LogP contribution in [0.4, 0.5) is 5.69 Å². The quantitative estimate of drug-likeness (QED) is 0.208. The van der Waals surface area contributed by atoms with E-state index in [9.17, 15) is 0 Å². The van der Waals surface area contributed by atoms with Crippen LogP contribution in [0.2, 0.25) is 0 Å². The van der Waals surface area contributed by atoms with Crippen LogP contribution in [0.3, 0.4) is 0 Å². The summed E-state index contributed by atoms with van der Waals surface area (Å²) >= 11 is 6.96. The number of ether oxygens (including phenoxy) is 1. The highest BCUT2D eigenvalue weighted by atomic mass is 127. The standard InChI is InChI=1S/C19H17I3N4O/c20-16-4-3-14(27-19(21)22)9-15(16)17-2-1-6-25(17)13-5-7-26-18(8-13)12(10-23)11-24-26/h3-5,7-11,17,19,23H,1-2,6H2. The largest absolute Gasteiger partial charge is 0.470 e. The highest BCUT2D eigenvalue weighted by Crippen LogP contribution is 2.40. The molecule has 3 aromatic rings. The van der Waals surface area contributed by atoms with Gasteiger partial charge >= 0.3 is 0 Å². The Bertz CT molecular complexity index is 988. The number of pyridine rings is 1. The Morgan fingerprint density at radius 2 is 2.11 bits per heavy atom. The first-order chi connectivity index (χ1) is 13.1. The Kier molecular flexibility index (Phi) is 6.12. The van der Waals surface area contributed by atoms with Crippen molar-refractivity contribution in [1.29, 1.82) is 5.41 Å². The Hall–Kier alpha value is -0.630. The Balaban J connectivity index is 1.71. The Morgan fingerprint density at radius 3 is 2.89 bits per heavy atom. The van der Waals surface area contributed by atoms with Crippen molar-refractivity contribution in [3.05, 3.63) is 57.4 Å². The van der Waals surface area contributed by atoms with Gasteiger partial charge in [0.2, 0.25) is 0 Å². The van der Waals surface area contributed by atoms with Gasteiger partial charge in [-0.15, -0.1) is 0 Å². The van der Waals surface area contributed by atoms with Gasteiger partial charge in [0.15, 0.2) is 2.12 Å². The molecule has 0 spiro atoms. The van der Waals surface area contributed by atoms with Gasteiger partial charge in [0, 0.05) is 33.8 Å². The first-order valence-corrected chi connectivity index (χ1v) is 12.1. The summed E-state index contributed by atoms with van der Waals surface area (Å²) in [4.78, 5) is 2.47. The van der Waals surface area contributed by atoms with Crippen molar-refractivity contribution >= 4 is 85.2 Å². The number of aromatic nitrogens is 2. The molecule has 0 bridgehead atoms. The molecule has 1 aromatic carbocycles. The summed E-state index contributed by atoms with van der Waals surface area (Å²) in [6.07, 6.45) is 7.37. The topological polar surface area (TPSA) is 53.6 Å². The average Bonchev–Trinajstić information content (AvgIpc) is 3.28. The van der Waals surface area contributed by atoms with Gasteiger partial charge in [-0.2, -0.15) is 5.10 Å². The van der Waals surface area contributed by atoms with Gasteiger partial charge in [-0.3, -0.25) is 0 Å². The molecule has 27 heavy (non-hydrogen) atoms. The van der Waals surface area contributed by atoms with Crippen LogP contribution in [-0.2, 0) is 0 Å². The van der Waals surface area contributed by atoms with E-state index in [-0.39, 0.29) is 2.12 Å². The van der Waals surface area contributed by atoms with E-state index in [0.717, 1.165) is 36.2 Å². The molecule has 4 rings (SSSR count). The molecule has 1 fully saturated rings. The maximum Gasteiger partial charge on any atom is 0.199 e. The first kappa shape index (κ1) is 19.7. The lowest BCUT2D eigenvalue weighted by molar-refractivity contribution is 0.389. The minimum Gasteiger partial charge on any atom is -0.470 e. The van der Waals surface area contributed by atoms with Crippen molar-refractivity contribution in [2.24, 2.45) is 0 Å². The van der Waals surface area contributed by atoms with Gasteiger partial charge in [0.25, 0.3) is 0 Å². The fraction of sp³-hybridized carbons (Fsp3) is 0.263. The Morgan fingerprint density at radius 1 is 1.26 bits per heavy atom. The van der Waals surface area contributed by atoms with Gasteiger partial charge in [0.05, 0.1) is 17.8 Å². The third-order valence-corrected chi connectivity index (χ3v) is 6.32. The highest BCUT2D eigenvalue weighted by Gasteiger charge is 2.28. The maximum absolute atomic E-state index is 7.60. The van der Waals surface area contributed by atoms with Crippen LogP contribution in [0.1, 0.15) is 30.0 Å².